The molecule has 2 heteroatoms. The van der Waals surface area contributed by atoms with Crippen molar-refractivity contribution < 1.29 is 0 Å². The number of nitrogens with one attached hydrogen (secondary N) is 1. The maximum Gasteiger partial charge on any atom is 0.0871 e. The Bertz CT molecular complexity index is 976. The van der Waals surface area contributed by atoms with E-state index in [0.717, 1.165) is 16.7 Å². The maximum atomic E-state index is 4.52. The van der Waals surface area contributed by atoms with Crippen LogP contribution >= 0.6 is 0 Å². The molecule has 2 aromatic carbocycles. The van der Waals surface area contributed by atoms with Gasteiger partial charge in [0.2, 0.25) is 0 Å². The number of para-hydroxylation sites is 1. The van der Waals surface area contributed by atoms with Crippen LogP contribution in [0, 0.1) is 6.92 Å². The van der Waals surface area contributed by atoms with Gasteiger partial charge < -0.3 is 4.98 Å². The number of fused-ring (bicyclic) bond motifs is 3. The summed E-state index contributed by atoms with van der Waals surface area (Å²) in [5, 5.41) is 2.46. The van der Waals surface area contributed by atoms with Gasteiger partial charge in [0.05, 0.1) is 11.2 Å². The lowest BCUT2D eigenvalue weighted by atomic mass is 10.1. The van der Waals surface area contributed by atoms with Gasteiger partial charge in [-0.05, 0) is 30.7 Å². The van der Waals surface area contributed by atoms with Crippen LogP contribution in [0.15, 0.2) is 60.8 Å². The van der Waals surface area contributed by atoms with Crippen LogP contribution in [-0.4, -0.2) is 9.97 Å². The average Bonchev–Trinajstić information content (AvgIpc) is 2.94. The molecule has 0 saturated carbocycles. The van der Waals surface area contributed by atoms with E-state index < -0.39 is 0 Å². The van der Waals surface area contributed by atoms with Gasteiger partial charge in [-0.1, -0.05) is 54.1 Å². The van der Waals surface area contributed by atoms with Crippen LogP contribution in [0.5, 0.6) is 0 Å². The molecule has 0 aliphatic carbocycles. The number of aromatic nitrogens is 2. The number of rotatable bonds is 2. The number of nitrogens with zero attached hydrogens (tertiary/aromatic N) is 1. The summed E-state index contributed by atoms with van der Waals surface area (Å²) in [6.07, 6.45) is 6.05. The van der Waals surface area contributed by atoms with Gasteiger partial charge in [-0.3, -0.25) is 4.98 Å². The molecule has 2 heterocycles. The Hall–Kier alpha value is -2.87. The van der Waals surface area contributed by atoms with Crippen molar-refractivity contribution in [3.63, 3.8) is 0 Å². The first-order valence-electron chi connectivity index (χ1n) is 7.41. The van der Waals surface area contributed by atoms with Crippen LogP contribution in [0.4, 0.5) is 0 Å². The Morgan fingerprint density at radius 1 is 0.864 bits per heavy atom. The van der Waals surface area contributed by atoms with Gasteiger partial charge in [-0.2, -0.15) is 0 Å². The minimum absolute atomic E-state index is 0.967. The smallest absolute Gasteiger partial charge is 0.0871 e. The van der Waals surface area contributed by atoms with Crippen molar-refractivity contribution >= 4 is 34.0 Å². The lowest BCUT2D eigenvalue weighted by molar-refractivity contribution is 1.31. The Labute approximate surface area is 129 Å². The molecule has 0 aliphatic heterocycles. The summed E-state index contributed by atoms with van der Waals surface area (Å²) in [5.74, 6) is 0. The van der Waals surface area contributed by atoms with Crippen LogP contribution in [0.3, 0.4) is 0 Å². The van der Waals surface area contributed by atoms with Crippen molar-refractivity contribution in [2.75, 3.05) is 0 Å². The molecule has 0 aliphatic rings. The summed E-state index contributed by atoms with van der Waals surface area (Å²) in [5.41, 5.74) is 5.66. The molecule has 0 amide bonds. The second-order valence-electron chi connectivity index (χ2n) is 5.53. The van der Waals surface area contributed by atoms with E-state index in [0.29, 0.717) is 0 Å². The standard InChI is InChI=1S/C20H16N2/c1-14-6-8-15(9-7-14)10-11-19-20-17(12-13-21-19)16-4-2-3-5-18(16)22-20/h2-13,22H,1H3. The highest BCUT2D eigenvalue weighted by Crippen LogP contribution is 2.27. The zero-order chi connectivity index (χ0) is 14.9. The van der Waals surface area contributed by atoms with Gasteiger partial charge in [0.15, 0.2) is 0 Å². The number of hydrogen-bond acceptors (Lipinski definition) is 1. The summed E-state index contributed by atoms with van der Waals surface area (Å²) in [6.45, 7) is 2.10. The molecule has 0 saturated heterocycles. The normalized spacial score (nSPS) is 11.7. The zero-order valence-corrected chi connectivity index (χ0v) is 12.4. The second-order valence-corrected chi connectivity index (χ2v) is 5.53. The van der Waals surface area contributed by atoms with Crippen molar-refractivity contribution in [2.24, 2.45) is 0 Å². The average molecular weight is 284 g/mol. The molecule has 4 aromatic rings. The third-order valence-electron chi connectivity index (χ3n) is 3.97. The number of hydrogen-bond donors (Lipinski definition) is 1. The van der Waals surface area contributed by atoms with Crippen molar-refractivity contribution in [3.8, 4) is 0 Å². The quantitative estimate of drug-likeness (QED) is 0.539. The van der Waals surface area contributed by atoms with Crippen LogP contribution in [-0.2, 0) is 0 Å². The molecule has 1 N–H and O–H groups in total. The predicted octanol–water partition coefficient (Wildman–Crippen LogP) is 5.19. The molecule has 0 spiro atoms. The number of H-pyrrole nitrogens is 1. The molecule has 2 nitrogen and oxygen atoms in total. The summed E-state index contributed by atoms with van der Waals surface area (Å²) >= 11 is 0. The first-order chi connectivity index (χ1) is 10.8. The summed E-state index contributed by atoms with van der Waals surface area (Å²) in [7, 11) is 0. The van der Waals surface area contributed by atoms with E-state index in [2.05, 4.69) is 77.6 Å². The van der Waals surface area contributed by atoms with Gasteiger partial charge in [-0.15, -0.1) is 0 Å². The Kier molecular flexibility index (Phi) is 3.01. The maximum absolute atomic E-state index is 4.52. The van der Waals surface area contributed by atoms with E-state index in [-0.39, 0.29) is 0 Å². The molecule has 0 atom stereocenters. The highest BCUT2D eigenvalue weighted by molar-refractivity contribution is 6.09. The van der Waals surface area contributed by atoms with E-state index in [4.69, 9.17) is 0 Å². The fraction of sp³-hybridized carbons (Fsp3) is 0.0500. The zero-order valence-electron chi connectivity index (χ0n) is 12.4. The van der Waals surface area contributed by atoms with Crippen LogP contribution in [0.2, 0.25) is 0 Å². The highest BCUT2D eigenvalue weighted by Gasteiger charge is 2.06. The summed E-state index contributed by atoms with van der Waals surface area (Å²) < 4.78 is 0. The number of aryl methyl sites for hydroxylation is 1. The van der Waals surface area contributed by atoms with E-state index in [9.17, 15) is 0 Å². The monoisotopic (exact) mass is 284 g/mol. The van der Waals surface area contributed by atoms with E-state index in [1.807, 2.05) is 12.3 Å². The lowest BCUT2D eigenvalue weighted by Crippen LogP contribution is -1.82. The molecule has 2 aromatic heterocycles. The summed E-state index contributed by atoms with van der Waals surface area (Å²) in [4.78, 5) is 7.99. The van der Waals surface area contributed by atoms with E-state index >= 15 is 0 Å². The fourth-order valence-electron chi connectivity index (χ4n) is 2.77. The third kappa shape index (κ3) is 2.19. The van der Waals surface area contributed by atoms with Gasteiger partial charge in [0.25, 0.3) is 0 Å². The van der Waals surface area contributed by atoms with Gasteiger partial charge in [0.1, 0.15) is 0 Å². The van der Waals surface area contributed by atoms with Crippen LogP contribution in [0.25, 0.3) is 34.0 Å². The summed E-state index contributed by atoms with van der Waals surface area (Å²) in [6, 6.07) is 18.9. The molecule has 0 radical (unpaired) electrons. The first kappa shape index (κ1) is 12.8. The molecule has 0 unspecified atom stereocenters. The molecule has 4 rings (SSSR count). The van der Waals surface area contributed by atoms with E-state index in [1.54, 1.807) is 0 Å². The third-order valence-corrected chi connectivity index (χ3v) is 3.97. The topological polar surface area (TPSA) is 28.7 Å². The van der Waals surface area contributed by atoms with Gasteiger partial charge >= 0.3 is 0 Å². The highest BCUT2D eigenvalue weighted by atomic mass is 14.8. The Morgan fingerprint density at radius 3 is 2.55 bits per heavy atom. The second kappa shape index (κ2) is 5.15. The van der Waals surface area contributed by atoms with Gasteiger partial charge in [-0.25, -0.2) is 0 Å². The number of pyridine rings is 1. The van der Waals surface area contributed by atoms with Crippen molar-refractivity contribution in [1.29, 1.82) is 0 Å². The largest absolute Gasteiger partial charge is 0.353 e. The minimum Gasteiger partial charge on any atom is -0.353 e. The molecule has 22 heavy (non-hydrogen) atoms. The van der Waals surface area contributed by atoms with Crippen molar-refractivity contribution in [3.05, 3.63) is 77.6 Å². The number of aromatic amines is 1. The van der Waals surface area contributed by atoms with Crippen LogP contribution < -0.4 is 0 Å². The van der Waals surface area contributed by atoms with E-state index in [1.165, 1.54) is 21.9 Å². The SMILES string of the molecule is Cc1ccc(C=Cc2nccc3c2[nH]c2ccccc23)cc1. The molecule has 0 bridgehead atoms. The minimum atomic E-state index is 0.967. The fourth-order valence-corrected chi connectivity index (χ4v) is 2.77. The van der Waals surface area contributed by atoms with Gasteiger partial charge in [0, 0.05) is 22.5 Å². The van der Waals surface area contributed by atoms with Crippen molar-refractivity contribution in [2.45, 2.75) is 6.92 Å². The molecule has 106 valence electrons. The first-order valence-corrected chi connectivity index (χ1v) is 7.41. The molecular formula is C20H16N2. The van der Waals surface area contributed by atoms with Crippen molar-refractivity contribution in [1.82, 2.24) is 9.97 Å². The molecular weight excluding hydrogens is 268 g/mol. The predicted molar refractivity (Wildman–Crippen MR) is 93.7 cm³/mol. The molecule has 0 fully saturated rings. The Balaban J connectivity index is 1.83. The lowest BCUT2D eigenvalue weighted by Gasteiger charge is -1.97. The van der Waals surface area contributed by atoms with Crippen LogP contribution in [0.1, 0.15) is 16.8 Å². The Morgan fingerprint density at radius 2 is 1.68 bits per heavy atom. The number of benzene rings is 2.